The van der Waals surface area contributed by atoms with Crippen molar-refractivity contribution in [3.63, 3.8) is 0 Å². The van der Waals surface area contributed by atoms with E-state index in [0.29, 0.717) is 17.9 Å². The van der Waals surface area contributed by atoms with Crippen LogP contribution in [-0.4, -0.2) is 23.6 Å². The summed E-state index contributed by atoms with van der Waals surface area (Å²) in [5.74, 6) is 0.743. The van der Waals surface area contributed by atoms with Gasteiger partial charge in [0.2, 0.25) is 0 Å². The summed E-state index contributed by atoms with van der Waals surface area (Å²) in [6.45, 7) is 1.80. The van der Waals surface area contributed by atoms with Gasteiger partial charge in [-0.1, -0.05) is 18.9 Å². The topological polar surface area (TPSA) is 53.9 Å². The number of fused-ring (bicyclic) bond motifs is 1. The van der Waals surface area contributed by atoms with Crippen molar-refractivity contribution in [1.29, 1.82) is 0 Å². The molecule has 24 heavy (non-hydrogen) atoms. The van der Waals surface area contributed by atoms with Crippen molar-refractivity contribution in [1.82, 2.24) is 10.4 Å². The van der Waals surface area contributed by atoms with Crippen LogP contribution in [-0.2, 0) is 9.63 Å². The van der Waals surface area contributed by atoms with Crippen LogP contribution < -0.4 is 5.48 Å². The van der Waals surface area contributed by atoms with E-state index < -0.39 is 17.5 Å². The average Bonchev–Trinajstić information content (AvgIpc) is 2.93. The second-order valence-electron chi connectivity index (χ2n) is 5.04. The number of nitrogens with one attached hydrogen (secondary N) is 1. The van der Waals surface area contributed by atoms with E-state index in [1.165, 1.54) is 11.0 Å². The lowest BCUT2D eigenvalue weighted by Gasteiger charge is -2.18. The molecule has 2 heterocycles. The van der Waals surface area contributed by atoms with Crippen LogP contribution >= 0.6 is 0 Å². The molecule has 0 fully saturated rings. The molecule has 0 radical (unpaired) electrons. The molecule has 122 valence electrons. The molecule has 1 aromatic rings. The molecule has 3 rings (SSSR count). The van der Waals surface area contributed by atoms with Crippen LogP contribution in [0.2, 0.25) is 0 Å². The largest absolute Gasteiger partial charge is 0.384 e. The van der Waals surface area contributed by atoms with Gasteiger partial charge in [-0.15, -0.1) is 6.42 Å². The molecule has 2 aliphatic rings. The number of benzene rings is 1. The maximum absolute atomic E-state index is 14.2. The number of carbonyl (C=O) groups is 1. The molecule has 1 aromatic carbocycles. The van der Waals surface area contributed by atoms with Crippen LogP contribution in [0.25, 0.3) is 5.70 Å². The van der Waals surface area contributed by atoms with E-state index in [9.17, 15) is 13.6 Å². The predicted molar refractivity (Wildman–Crippen MR) is 83.9 cm³/mol. The highest BCUT2D eigenvalue weighted by Crippen LogP contribution is 2.36. The Kier molecular flexibility index (Phi) is 4.04. The van der Waals surface area contributed by atoms with Crippen LogP contribution in [0.4, 0.5) is 8.78 Å². The maximum atomic E-state index is 14.2. The van der Waals surface area contributed by atoms with Crippen LogP contribution in [0.15, 0.2) is 40.3 Å². The van der Waals surface area contributed by atoms with Crippen molar-refractivity contribution < 1.29 is 18.4 Å². The number of hydrogen-bond donors (Lipinski definition) is 1. The van der Waals surface area contributed by atoms with Gasteiger partial charge in [0.05, 0.1) is 18.3 Å². The fourth-order valence-electron chi connectivity index (χ4n) is 2.56. The molecule has 0 atom stereocenters. The smallest absolute Gasteiger partial charge is 0.270 e. The first kappa shape index (κ1) is 15.7. The lowest BCUT2D eigenvalue weighted by Crippen LogP contribution is -2.32. The van der Waals surface area contributed by atoms with Gasteiger partial charge in [0.15, 0.2) is 5.76 Å². The molecular weight excluding hydrogens is 316 g/mol. The van der Waals surface area contributed by atoms with E-state index in [1.54, 1.807) is 0 Å². The van der Waals surface area contributed by atoms with Gasteiger partial charge >= 0.3 is 0 Å². The third-order valence-corrected chi connectivity index (χ3v) is 3.62. The zero-order valence-corrected chi connectivity index (χ0v) is 12.8. The van der Waals surface area contributed by atoms with Crippen molar-refractivity contribution >= 4 is 17.8 Å². The minimum atomic E-state index is -0.793. The summed E-state index contributed by atoms with van der Waals surface area (Å²) in [6, 6.07) is 3.49. The van der Waals surface area contributed by atoms with E-state index in [-0.39, 0.29) is 23.5 Å². The third-order valence-electron chi connectivity index (χ3n) is 3.62. The van der Waals surface area contributed by atoms with Crippen molar-refractivity contribution in [3.05, 3.63) is 52.6 Å². The fraction of sp³-hybridized carbons (Fsp3) is 0.176. The van der Waals surface area contributed by atoms with Gasteiger partial charge in [0, 0.05) is 6.42 Å². The Morgan fingerprint density at radius 1 is 1.38 bits per heavy atom. The SMILES string of the molecule is C#CCN1C(=O)C=NC(c2c(F)cccc2F)=C2NOC(CC)=C21. The summed E-state index contributed by atoms with van der Waals surface area (Å²) in [7, 11) is 0. The minimum Gasteiger partial charge on any atom is -0.384 e. The van der Waals surface area contributed by atoms with Crippen LogP contribution in [0.3, 0.4) is 0 Å². The summed E-state index contributed by atoms with van der Waals surface area (Å²) in [4.78, 5) is 22.9. The second kappa shape index (κ2) is 6.16. The summed E-state index contributed by atoms with van der Waals surface area (Å²) in [5.41, 5.74) is 2.75. The first-order chi connectivity index (χ1) is 11.6. The number of aliphatic imine (C=N–C) groups is 1. The molecule has 0 saturated heterocycles. The van der Waals surface area contributed by atoms with Crippen LogP contribution in [0.1, 0.15) is 18.9 Å². The Bertz CT molecular complexity index is 830. The molecule has 0 spiro atoms. The number of terminal acetylenes is 1. The number of amides is 1. The Balaban J connectivity index is 2.28. The minimum absolute atomic E-state index is 0.0226. The quantitative estimate of drug-likeness (QED) is 0.866. The van der Waals surface area contributed by atoms with Crippen molar-refractivity contribution in [2.24, 2.45) is 4.99 Å². The van der Waals surface area contributed by atoms with Crippen molar-refractivity contribution in [3.8, 4) is 12.3 Å². The van der Waals surface area contributed by atoms with Gasteiger partial charge in [-0.2, -0.15) is 0 Å². The normalized spacial score (nSPS) is 16.6. The highest BCUT2D eigenvalue weighted by molar-refractivity contribution is 6.28. The monoisotopic (exact) mass is 329 g/mol. The summed E-state index contributed by atoms with van der Waals surface area (Å²) >= 11 is 0. The number of nitrogens with zero attached hydrogens (tertiary/aromatic N) is 2. The van der Waals surface area contributed by atoms with Crippen molar-refractivity contribution in [2.45, 2.75) is 13.3 Å². The number of allylic oxidation sites excluding steroid dienone is 1. The highest BCUT2D eigenvalue weighted by atomic mass is 19.1. The first-order valence-corrected chi connectivity index (χ1v) is 7.22. The Morgan fingerprint density at radius 3 is 2.71 bits per heavy atom. The van der Waals surface area contributed by atoms with Crippen LogP contribution in [0.5, 0.6) is 0 Å². The van der Waals surface area contributed by atoms with Crippen molar-refractivity contribution in [2.75, 3.05) is 6.54 Å². The summed E-state index contributed by atoms with van der Waals surface area (Å²) in [5, 5.41) is 0. The number of halogens is 2. The van der Waals surface area contributed by atoms with E-state index in [0.717, 1.165) is 18.3 Å². The van der Waals surface area contributed by atoms with Gasteiger partial charge in [0.25, 0.3) is 5.91 Å². The molecule has 0 aromatic heterocycles. The molecule has 7 heteroatoms. The van der Waals surface area contributed by atoms with Gasteiger partial charge in [-0.3, -0.25) is 9.69 Å². The van der Waals surface area contributed by atoms with Gasteiger partial charge in [-0.25, -0.2) is 19.3 Å². The molecular formula is C17H13F2N3O2. The maximum Gasteiger partial charge on any atom is 0.270 e. The lowest BCUT2D eigenvalue weighted by atomic mass is 10.1. The average molecular weight is 329 g/mol. The van der Waals surface area contributed by atoms with E-state index >= 15 is 0 Å². The highest BCUT2D eigenvalue weighted by Gasteiger charge is 2.35. The van der Waals surface area contributed by atoms with Gasteiger partial charge < -0.3 is 4.84 Å². The fourth-order valence-corrected chi connectivity index (χ4v) is 2.56. The molecule has 0 unspecified atom stereocenters. The zero-order chi connectivity index (χ0) is 17.3. The molecule has 0 bridgehead atoms. The van der Waals surface area contributed by atoms with Crippen LogP contribution in [0, 0.1) is 24.0 Å². The molecule has 5 nitrogen and oxygen atoms in total. The first-order valence-electron chi connectivity index (χ1n) is 7.22. The van der Waals surface area contributed by atoms with E-state index in [4.69, 9.17) is 11.3 Å². The summed E-state index contributed by atoms with van der Waals surface area (Å²) < 4.78 is 28.4. The Hall–Kier alpha value is -3.14. The van der Waals surface area contributed by atoms with E-state index in [1.807, 2.05) is 6.92 Å². The predicted octanol–water partition coefficient (Wildman–Crippen LogP) is 2.34. The zero-order valence-electron chi connectivity index (χ0n) is 12.8. The molecule has 1 amide bonds. The Morgan fingerprint density at radius 2 is 2.08 bits per heavy atom. The molecule has 0 saturated carbocycles. The second-order valence-corrected chi connectivity index (χ2v) is 5.04. The summed E-state index contributed by atoms with van der Waals surface area (Å²) in [6.07, 6.45) is 6.77. The van der Waals surface area contributed by atoms with Gasteiger partial charge in [0.1, 0.15) is 28.7 Å². The number of hydroxylamine groups is 1. The molecule has 1 N–H and O–H groups in total. The molecule has 2 aliphatic heterocycles. The number of hydrogen-bond acceptors (Lipinski definition) is 4. The third kappa shape index (κ3) is 2.42. The van der Waals surface area contributed by atoms with Gasteiger partial charge in [-0.05, 0) is 12.1 Å². The lowest BCUT2D eigenvalue weighted by molar-refractivity contribution is -0.121. The van der Waals surface area contributed by atoms with E-state index in [2.05, 4.69) is 16.4 Å². The number of rotatable bonds is 3. The number of carbonyl (C=O) groups excluding carboxylic acids is 1. The Labute approximate surface area is 137 Å². The molecule has 0 aliphatic carbocycles. The standard InChI is InChI=1S/C17H13F2N3O2/c1-3-8-22-13(23)9-20-15(14-10(18)6-5-7-11(14)19)16-17(22)12(4-2)24-21-16/h1,5-7,9,21H,4,8H2,2H3.